The van der Waals surface area contributed by atoms with E-state index in [1.807, 2.05) is 24.3 Å². The van der Waals surface area contributed by atoms with Crippen molar-refractivity contribution in [2.45, 2.75) is 18.0 Å². The zero-order valence-corrected chi connectivity index (χ0v) is 12.0. The lowest BCUT2D eigenvalue weighted by molar-refractivity contribution is 0.593. The van der Waals surface area contributed by atoms with E-state index < -0.39 is 15.8 Å². The minimum Gasteiger partial charge on any atom is -0.379 e. The van der Waals surface area contributed by atoms with Gasteiger partial charge in [-0.05, 0) is 29.3 Å². The summed E-state index contributed by atoms with van der Waals surface area (Å²) in [5.74, 6) is -0.667. The minimum absolute atomic E-state index is 0.213. The molecule has 0 bridgehead atoms. The predicted molar refractivity (Wildman–Crippen MR) is 79.4 cm³/mol. The summed E-state index contributed by atoms with van der Waals surface area (Å²) in [6.45, 7) is 0.883. The summed E-state index contributed by atoms with van der Waals surface area (Å²) in [5, 5.41) is 7.85. The Bertz CT molecular complexity index is 730. The quantitative estimate of drug-likeness (QED) is 0.780. The van der Waals surface area contributed by atoms with E-state index in [2.05, 4.69) is 5.32 Å². The number of hydrogen-bond donors (Lipinski definition) is 3. The molecule has 0 fully saturated rings. The van der Waals surface area contributed by atoms with Gasteiger partial charge >= 0.3 is 0 Å². The van der Waals surface area contributed by atoms with Crippen LogP contribution in [-0.4, -0.2) is 8.42 Å². The van der Waals surface area contributed by atoms with Gasteiger partial charge in [-0.25, -0.2) is 17.9 Å². The molecule has 112 valence electrons. The first-order valence-corrected chi connectivity index (χ1v) is 7.79. The number of benzene rings is 2. The Labute approximate surface area is 122 Å². The topological polar surface area (TPSA) is 98.2 Å². The van der Waals surface area contributed by atoms with Gasteiger partial charge in [0.1, 0.15) is 5.82 Å². The summed E-state index contributed by atoms with van der Waals surface area (Å²) in [5.41, 5.74) is 7.70. The van der Waals surface area contributed by atoms with E-state index in [4.69, 9.17) is 10.9 Å². The van der Waals surface area contributed by atoms with Gasteiger partial charge in [-0.1, -0.05) is 24.3 Å². The number of halogens is 1. The highest BCUT2D eigenvalue weighted by Gasteiger charge is 2.11. The Morgan fingerprint density at radius 2 is 1.67 bits per heavy atom. The third-order valence-corrected chi connectivity index (χ3v) is 3.92. The van der Waals surface area contributed by atoms with E-state index in [1.54, 1.807) is 0 Å². The number of primary sulfonamides is 1. The standard InChI is InChI=1S/C14H16FN3O2S/c15-13-7-12(21(17,19)20)5-6-14(13)18-9-11-3-1-10(8-16)2-4-11/h1-7,18H,8-9,16H2,(H2,17,19,20). The fourth-order valence-electron chi connectivity index (χ4n) is 1.81. The lowest BCUT2D eigenvalue weighted by atomic mass is 10.1. The molecule has 0 aliphatic carbocycles. The van der Waals surface area contributed by atoms with Crippen LogP contribution in [0.3, 0.4) is 0 Å². The molecule has 0 unspecified atom stereocenters. The van der Waals surface area contributed by atoms with Crippen molar-refractivity contribution in [2.75, 3.05) is 5.32 Å². The van der Waals surface area contributed by atoms with Crippen molar-refractivity contribution in [3.63, 3.8) is 0 Å². The van der Waals surface area contributed by atoms with Crippen LogP contribution in [0.5, 0.6) is 0 Å². The molecule has 0 amide bonds. The Balaban J connectivity index is 2.09. The van der Waals surface area contributed by atoms with Crippen LogP contribution in [-0.2, 0) is 23.1 Å². The van der Waals surface area contributed by atoms with E-state index in [-0.39, 0.29) is 10.6 Å². The van der Waals surface area contributed by atoms with E-state index in [1.165, 1.54) is 12.1 Å². The fraction of sp³-hybridized carbons (Fsp3) is 0.143. The molecule has 7 heteroatoms. The first-order chi connectivity index (χ1) is 9.90. The first kappa shape index (κ1) is 15.4. The van der Waals surface area contributed by atoms with E-state index in [0.29, 0.717) is 13.1 Å². The number of nitrogens with two attached hydrogens (primary N) is 2. The van der Waals surface area contributed by atoms with Crippen LogP contribution in [0.2, 0.25) is 0 Å². The maximum absolute atomic E-state index is 13.8. The van der Waals surface area contributed by atoms with Crippen LogP contribution in [0.1, 0.15) is 11.1 Å². The highest BCUT2D eigenvalue weighted by molar-refractivity contribution is 7.89. The van der Waals surface area contributed by atoms with Gasteiger partial charge in [0.25, 0.3) is 0 Å². The normalized spacial score (nSPS) is 11.4. The largest absolute Gasteiger partial charge is 0.379 e. The van der Waals surface area contributed by atoms with Gasteiger partial charge in [0.15, 0.2) is 0 Å². The minimum atomic E-state index is -3.90. The highest BCUT2D eigenvalue weighted by atomic mass is 32.2. The Morgan fingerprint density at radius 3 is 2.19 bits per heavy atom. The Kier molecular flexibility index (Phi) is 4.56. The van der Waals surface area contributed by atoms with Crippen LogP contribution in [0.25, 0.3) is 0 Å². The summed E-state index contributed by atoms with van der Waals surface area (Å²) in [7, 11) is -3.90. The lowest BCUT2D eigenvalue weighted by Crippen LogP contribution is -2.12. The SMILES string of the molecule is NCc1ccc(CNc2ccc(S(N)(=O)=O)cc2F)cc1. The summed E-state index contributed by atoms with van der Waals surface area (Å²) in [6, 6.07) is 11.1. The predicted octanol–water partition coefficient (Wildman–Crippen LogP) is 1.54. The average molecular weight is 309 g/mol. The zero-order valence-electron chi connectivity index (χ0n) is 11.2. The maximum atomic E-state index is 13.8. The van der Waals surface area contributed by atoms with Gasteiger partial charge in [0.05, 0.1) is 10.6 Å². The van der Waals surface area contributed by atoms with Crippen LogP contribution in [0, 0.1) is 5.82 Å². The van der Waals surface area contributed by atoms with Crippen molar-refractivity contribution in [2.24, 2.45) is 10.9 Å². The van der Waals surface area contributed by atoms with E-state index in [0.717, 1.165) is 17.2 Å². The number of hydrogen-bond acceptors (Lipinski definition) is 4. The van der Waals surface area contributed by atoms with E-state index >= 15 is 0 Å². The van der Waals surface area contributed by atoms with Crippen molar-refractivity contribution in [3.8, 4) is 0 Å². The lowest BCUT2D eigenvalue weighted by Gasteiger charge is -2.09. The molecular formula is C14H16FN3O2S. The highest BCUT2D eigenvalue weighted by Crippen LogP contribution is 2.19. The Hall–Kier alpha value is -1.96. The van der Waals surface area contributed by atoms with E-state index in [9.17, 15) is 12.8 Å². The molecule has 0 aliphatic heterocycles. The fourth-order valence-corrected chi connectivity index (χ4v) is 2.33. The van der Waals surface area contributed by atoms with Gasteiger partial charge < -0.3 is 11.1 Å². The van der Waals surface area contributed by atoms with Crippen molar-refractivity contribution in [3.05, 3.63) is 59.4 Å². The second kappa shape index (κ2) is 6.21. The molecule has 0 spiro atoms. The average Bonchev–Trinajstić information content (AvgIpc) is 2.45. The molecule has 0 heterocycles. The van der Waals surface area contributed by atoms with Crippen molar-refractivity contribution in [1.29, 1.82) is 0 Å². The van der Waals surface area contributed by atoms with Crippen LogP contribution >= 0.6 is 0 Å². The third-order valence-electron chi connectivity index (χ3n) is 3.01. The molecular weight excluding hydrogens is 293 g/mol. The van der Waals surface area contributed by atoms with Crippen molar-refractivity contribution in [1.82, 2.24) is 0 Å². The molecule has 21 heavy (non-hydrogen) atoms. The summed E-state index contributed by atoms with van der Waals surface area (Å²) in [6.07, 6.45) is 0. The molecule has 5 N–H and O–H groups in total. The number of anilines is 1. The van der Waals surface area contributed by atoms with Crippen molar-refractivity contribution < 1.29 is 12.8 Å². The van der Waals surface area contributed by atoms with Gasteiger partial charge in [-0.15, -0.1) is 0 Å². The van der Waals surface area contributed by atoms with Gasteiger partial charge in [0, 0.05) is 13.1 Å². The van der Waals surface area contributed by atoms with Crippen LogP contribution < -0.4 is 16.2 Å². The summed E-state index contributed by atoms with van der Waals surface area (Å²) >= 11 is 0. The first-order valence-electron chi connectivity index (χ1n) is 6.24. The molecule has 2 aromatic carbocycles. The summed E-state index contributed by atoms with van der Waals surface area (Å²) < 4.78 is 36.0. The maximum Gasteiger partial charge on any atom is 0.238 e. The summed E-state index contributed by atoms with van der Waals surface area (Å²) in [4.78, 5) is -0.252. The van der Waals surface area contributed by atoms with Crippen LogP contribution in [0.15, 0.2) is 47.4 Å². The molecule has 0 aromatic heterocycles. The molecule has 2 aromatic rings. The molecule has 0 radical (unpaired) electrons. The van der Waals surface area contributed by atoms with Crippen LogP contribution in [0.4, 0.5) is 10.1 Å². The monoisotopic (exact) mass is 309 g/mol. The molecule has 0 saturated carbocycles. The smallest absolute Gasteiger partial charge is 0.238 e. The molecule has 5 nitrogen and oxygen atoms in total. The number of sulfonamides is 1. The zero-order chi connectivity index (χ0) is 15.5. The van der Waals surface area contributed by atoms with Gasteiger partial charge in [-0.2, -0.15) is 0 Å². The van der Waals surface area contributed by atoms with Gasteiger partial charge in [0.2, 0.25) is 10.0 Å². The second-order valence-electron chi connectivity index (χ2n) is 4.56. The van der Waals surface area contributed by atoms with Gasteiger partial charge in [-0.3, -0.25) is 0 Å². The molecule has 2 rings (SSSR count). The Morgan fingerprint density at radius 1 is 1.05 bits per heavy atom. The van der Waals surface area contributed by atoms with Crippen molar-refractivity contribution >= 4 is 15.7 Å². The molecule has 0 atom stereocenters. The third kappa shape index (κ3) is 4.01. The molecule has 0 saturated heterocycles. The number of nitrogens with one attached hydrogen (secondary N) is 1. The molecule has 0 aliphatic rings. The number of rotatable bonds is 5. The second-order valence-corrected chi connectivity index (χ2v) is 6.12.